The molecule has 0 aromatic carbocycles. The van der Waals surface area contributed by atoms with E-state index in [-0.39, 0.29) is 6.03 Å². The number of carboxylic acid groups (broad SMARTS) is 1. The largest absolute Gasteiger partial charge is 0.480 e. The molecule has 1 rings (SSSR count). The third-order valence-corrected chi connectivity index (χ3v) is 3.99. The summed E-state index contributed by atoms with van der Waals surface area (Å²) in [5.41, 5.74) is 0. The van der Waals surface area contributed by atoms with Crippen LogP contribution in [-0.4, -0.2) is 65.7 Å². The number of aliphatic carboxylic acids is 1. The number of nitrogens with one attached hydrogen (secondary N) is 1. The number of rotatable bonds is 7. The van der Waals surface area contributed by atoms with Gasteiger partial charge in [-0.15, -0.1) is 0 Å². The number of urea groups is 1. The highest BCUT2D eigenvalue weighted by atomic mass is 16.4. The van der Waals surface area contributed by atoms with Crippen LogP contribution in [0.3, 0.4) is 0 Å². The summed E-state index contributed by atoms with van der Waals surface area (Å²) in [6, 6.07) is -0.915. The highest BCUT2D eigenvalue weighted by molar-refractivity contribution is 5.82. The Morgan fingerprint density at radius 2 is 2.00 bits per heavy atom. The van der Waals surface area contributed by atoms with E-state index in [1.54, 1.807) is 0 Å². The molecule has 1 saturated heterocycles. The zero-order chi connectivity index (χ0) is 15.7. The van der Waals surface area contributed by atoms with E-state index in [0.29, 0.717) is 19.5 Å². The molecule has 6 nitrogen and oxygen atoms in total. The SMILES string of the molecule is CCCN(CC)CCNC(=O)N1CCCCCC1C(=O)O. The maximum Gasteiger partial charge on any atom is 0.326 e. The summed E-state index contributed by atoms with van der Waals surface area (Å²) in [6.45, 7) is 8.13. The summed E-state index contributed by atoms with van der Waals surface area (Å²) in [6.07, 6.45) is 4.40. The van der Waals surface area contributed by atoms with Gasteiger partial charge in [0, 0.05) is 19.6 Å². The second kappa shape index (κ2) is 9.60. The number of likely N-dealkylation sites (N-methyl/N-ethyl adjacent to an activating group) is 1. The molecule has 1 aliphatic rings. The molecule has 0 aromatic rings. The minimum Gasteiger partial charge on any atom is -0.480 e. The first-order valence-electron chi connectivity index (χ1n) is 8.09. The smallest absolute Gasteiger partial charge is 0.326 e. The van der Waals surface area contributed by atoms with Crippen LogP contribution in [0.2, 0.25) is 0 Å². The fourth-order valence-corrected chi connectivity index (χ4v) is 2.77. The molecule has 21 heavy (non-hydrogen) atoms. The van der Waals surface area contributed by atoms with Crippen molar-refractivity contribution in [2.75, 3.05) is 32.7 Å². The van der Waals surface area contributed by atoms with Crippen LogP contribution in [0.1, 0.15) is 46.0 Å². The summed E-state index contributed by atoms with van der Waals surface area (Å²) >= 11 is 0. The van der Waals surface area contributed by atoms with Crippen molar-refractivity contribution in [3.8, 4) is 0 Å². The molecule has 6 heteroatoms. The quantitative estimate of drug-likeness (QED) is 0.751. The second-order valence-electron chi connectivity index (χ2n) is 5.56. The maximum absolute atomic E-state index is 12.2. The minimum atomic E-state index is -0.895. The van der Waals surface area contributed by atoms with Gasteiger partial charge in [-0.3, -0.25) is 0 Å². The predicted molar refractivity (Wildman–Crippen MR) is 82.4 cm³/mol. The molecule has 2 amide bonds. The molecule has 1 unspecified atom stereocenters. The van der Waals surface area contributed by atoms with Gasteiger partial charge < -0.3 is 20.2 Å². The lowest BCUT2D eigenvalue weighted by Crippen LogP contribution is -2.50. The summed E-state index contributed by atoms with van der Waals surface area (Å²) in [5.74, 6) is -0.895. The molecule has 0 aromatic heterocycles. The highest BCUT2D eigenvalue weighted by Crippen LogP contribution is 2.17. The normalized spacial score (nSPS) is 19.4. The topological polar surface area (TPSA) is 72.9 Å². The van der Waals surface area contributed by atoms with Gasteiger partial charge in [0.2, 0.25) is 0 Å². The van der Waals surface area contributed by atoms with Gasteiger partial charge in [-0.1, -0.05) is 26.7 Å². The Balaban J connectivity index is 2.46. The molecule has 122 valence electrons. The maximum atomic E-state index is 12.2. The first-order valence-corrected chi connectivity index (χ1v) is 8.09. The lowest BCUT2D eigenvalue weighted by Gasteiger charge is -2.28. The van der Waals surface area contributed by atoms with Crippen LogP contribution >= 0.6 is 0 Å². The first-order chi connectivity index (χ1) is 10.1. The van der Waals surface area contributed by atoms with E-state index < -0.39 is 12.0 Å². The van der Waals surface area contributed by atoms with Gasteiger partial charge in [-0.2, -0.15) is 0 Å². The van der Waals surface area contributed by atoms with E-state index in [1.807, 2.05) is 0 Å². The van der Waals surface area contributed by atoms with E-state index in [0.717, 1.165) is 45.3 Å². The van der Waals surface area contributed by atoms with Crippen molar-refractivity contribution in [2.24, 2.45) is 0 Å². The third-order valence-electron chi connectivity index (χ3n) is 3.99. The fourth-order valence-electron chi connectivity index (χ4n) is 2.77. The van der Waals surface area contributed by atoms with Gasteiger partial charge in [-0.05, 0) is 32.4 Å². The van der Waals surface area contributed by atoms with Crippen LogP contribution in [0.15, 0.2) is 0 Å². The van der Waals surface area contributed by atoms with E-state index in [9.17, 15) is 14.7 Å². The molecule has 1 atom stereocenters. The van der Waals surface area contributed by atoms with E-state index >= 15 is 0 Å². The number of likely N-dealkylation sites (tertiary alicyclic amines) is 1. The van der Waals surface area contributed by atoms with Crippen LogP contribution in [-0.2, 0) is 4.79 Å². The van der Waals surface area contributed by atoms with Crippen LogP contribution in [0.25, 0.3) is 0 Å². The summed E-state index contributed by atoms with van der Waals surface area (Å²) in [5, 5.41) is 12.1. The third kappa shape index (κ3) is 5.91. The lowest BCUT2D eigenvalue weighted by atomic mass is 10.1. The van der Waals surface area contributed by atoms with Crippen molar-refractivity contribution in [1.29, 1.82) is 0 Å². The van der Waals surface area contributed by atoms with E-state index in [4.69, 9.17) is 0 Å². The van der Waals surface area contributed by atoms with Gasteiger partial charge in [0.15, 0.2) is 0 Å². The Labute approximate surface area is 127 Å². The van der Waals surface area contributed by atoms with Crippen molar-refractivity contribution in [3.05, 3.63) is 0 Å². The van der Waals surface area contributed by atoms with Gasteiger partial charge in [0.25, 0.3) is 0 Å². The Morgan fingerprint density at radius 3 is 2.62 bits per heavy atom. The lowest BCUT2D eigenvalue weighted by molar-refractivity contribution is -0.142. The zero-order valence-corrected chi connectivity index (χ0v) is 13.3. The molecule has 0 saturated carbocycles. The average molecular weight is 299 g/mol. The first kappa shape index (κ1) is 17.8. The Bertz CT molecular complexity index is 336. The number of hydrogen-bond donors (Lipinski definition) is 2. The second-order valence-corrected chi connectivity index (χ2v) is 5.56. The number of carboxylic acids is 1. The Morgan fingerprint density at radius 1 is 1.24 bits per heavy atom. The van der Waals surface area contributed by atoms with Crippen molar-refractivity contribution in [2.45, 2.75) is 52.0 Å². The van der Waals surface area contributed by atoms with Gasteiger partial charge >= 0.3 is 12.0 Å². The van der Waals surface area contributed by atoms with Gasteiger partial charge in [0.1, 0.15) is 6.04 Å². The van der Waals surface area contributed by atoms with Crippen LogP contribution in [0.4, 0.5) is 4.79 Å². The van der Waals surface area contributed by atoms with E-state index in [2.05, 4.69) is 24.1 Å². The van der Waals surface area contributed by atoms with Crippen molar-refractivity contribution >= 4 is 12.0 Å². The number of carbonyl (C=O) groups excluding carboxylic acids is 1. The monoisotopic (exact) mass is 299 g/mol. The van der Waals surface area contributed by atoms with Gasteiger partial charge in [0.05, 0.1) is 0 Å². The predicted octanol–water partition coefficient (Wildman–Crippen LogP) is 1.76. The number of hydrogen-bond acceptors (Lipinski definition) is 3. The number of amides is 2. The molecule has 0 radical (unpaired) electrons. The molecular formula is C15H29N3O3. The van der Waals surface area contributed by atoms with Crippen molar-refractivity contribution in [1.82, 2.24) is 15.1 Å². The summed E-state index contributed by atoms with van der Waals surface area (Å²) in [4.78, 5) is 27.3. The van der Waals surface area contributed by atoms with Crippen molar-refractivity contribution in [3.63, 3.8) is 0 Å². The molecule has 1 aliphatic heterocycles. The highest BCUT2D eigenvalue weighted by Gasteiger charge is 2.30. The zero-order valence-electron chi connectivity index (χ0n) is 13.3. The molecule has 0 spiro atoms. The molecule has 1 fully saturated rings. The molecule has 0 aliphatic carbocycles. The molecule has 1 heterocycles. The molecular weight excluding hydrogens is 270 g/mol. The summed E-state index contributed by atoms with van der Waals surface area (Å²) < 4.78 is 0. The number of nitrogens with zero attached hydrogens (tertiary/aromatic N) is 2. The molecule has 2 N–H and O–H groups in total. The van der Waals surface area contributed by atoms with Crippen LogP contribution < -0.4 is 5.32 Å². The fraction of sp³-hybridized carbons (Fsp3) is 0.867. The Hall–Kier alpha value is -1.30. The average Bonchev–Trinajstić information content (AvgIpc) is 2.71. The minimum absolute atomic E-state index is 0.239. The van der Waals surface area contributed by atoms with Crippen LogP contribution in [0, 0.1) is 0 Å². The molecule has 0 bridgehead atoms. The van der Waals surface area contributed by atoms with Crippen LogP contribution in [0.5, 0.6) is 0 Å². The number of carbonyl (C=O) groups is 2. The van der Waals surface area contributed by atoms with E-state index in [1.165, 1.54) is 4.90 Å². The Kier molecular flexibility index (Phi) is 8.12. The van der Waals surface area contributed by atoms with Crippen molar-refractivity contribution < 1.29 is 14.7 Å². The van der Waals surface area contributed by atoms with Gasteiger partial charge in [-0.25, -0.2) is 9.59 Å². The summed E-state index contributed by atoms with van der Waals surface area (Å²) in [7, 11) is 0. The standard InChI is InChI=1S/C15H29N3O3/c1-3-10-17(4-2)12-9-16-15(21)18-11-7-5-6-8-13(18)14(19)20/h13H,3-12H2,1-2H3,(H,16,21)(H,19,20).